The standard InChI is InChI=1S/C15H17N7O2/c1-10-11(2)22(9-20-10)14-7-13(18-8-19-14)16-5-6-17-15(23)12-3-4-21-24-12/h3-4,7-9H,5-6H2,1-2H3,(H,17,23)(H,16,18,19). The van der Waals surface area contributed by atoms with E-state index in [9.17, 15) is 4.79 Å². The second kappa shape index (κ2) is 6.90. The van der Waals surface area contributed by atoms with Gasteiger partial charge in [0.15, 0.2) is 0 Å². The highest BCUT2D eigenvalue weighted by atomic mass is 16.5. The Hall–Kier alpha value is -3.23. The number of aromatic nitrogens is 5. The van der Waals surface area contributed by atoms with Gasteiger partial charge in [-0.2, -0.15) is 0 Å². The molecule has 0 unspecified atom stereocenters. The summed E-state index contributed by atoms with van der Waals surface area (Å²) in [7, 11) is 0. The van der Waals surface area contributed by atoms with E-state index in [2.05, 4.69) is 30.7 Å². The largest absolute Gasteiger partial charge is 0.368 e. The molecule has 0 aromatic carbocycles. The third-order valence-corrected chi connectivity index (χ3v) is 3.53. The summed E-state index contributed by atoms with van der Waals surface area (Å²) in [6.45, 7) is 4.86. The van der Waals surface area contributed by atoms with Gasteiger partial charge in [0.05, 0.1) is 11.9 Å². The van der Waals surface area contributed by atoms with Crippen LogP contribution in [0.2, 0.25) is 0 Å². The Bertz CT molecular complexity index is 826. The fourth-order valence-corrected chi connectivity index (χ4v) is 2.09. The maximum atomic E-state index is 11.7. The van der Waals surface area contributed by atoms with Crippen LogP contribution >= 0.6 is 0 Å². The van der Waals surface area contributed by atoms with E-state index in [-0.39, 0.29) is 11.7 Å². The van der Waals surface area contributed by atoms with E-state index in [4.69, 9.17) is 4.52 Å². The highest BCUT2D eigenvalue weighted by Crippen LogP contribution is 2.13. The molecule has 0 saturated carbocycles. The topological polar surface area (TPSA) is 111 Å². The first-order chi connectivity index (χ1) is 11.6. The van der Waals surface area contributed by atoms with Crippen molar-refractivity contribution in [2.45, 2.75) is 13.8 Å². The Kier molecular flexibility index (Phi) is 4.50. The Morgan fingerprint density at radius 1 is 1.25 bits per heavy atom. The molecule has 9 nitrogen and oxygen atoms in total. The van der Waals surface area contributed by atoms with Crippen molar-refractivity contribution in [3.8, 4) is 5.82 Å². The van der Waals surface area contributed by atoms with E-state index in [1.54, 1.807) is 6.33 Å². The minimum absolute atomic E-state index is 0.185. The number of nitrogens with zero attached hydrogens (tertiary/aromatic N) is 5. The molecule has 124 valence electrons. The van der Waals surface area contributed by atoms with Crippen LogP contribution in [0.5, 0.6) is 0 Å². The van der Waals surface area contributed by atoms with Gasteiger partial charge in [0.2, 0.25) is 5.76 Å². The van der Waals surface area contributed by atoms with Gasteiger partial charge in [-0.15, -0.1) is 0 Å². The molecule has 3 aromatic rings. The first kappa shape index (κ1) is 15.7. The van der Waals surface area contributed by atoms with E-state index in [1.807, 2.05) is 24.5 Å². The van der Waals surface area contributed by atoms with Crippen LogP contribution in [-0.4, -0.2) is 43.7 Å². The van der Waals surface area contributed by atoms with Crippen LogP contribution in [0.15, 0.2) is 35.5 Å². The van der Waals surface area contributed by atoms with Crippen molar-refractivity contribution >= 4 is 11.7 Å². The maximum absolute atomic E-state index is 11.7. The average Bonchev–Trinajstić information content (AvgIpc) is 3.23. The molecule has 3 aromatic heterocycles. The van der Waals surface area contributed by atoms with E-state index in [0.29, 0.717) is 18.9 Å². The summed E-state index contributed by atoms with van der Waals surface area (Å²) in [6.07, 6.45) is 4.64. The molecule has 0 bridgehead atoms. The summed E-state index contributed by atoms with van der Waals surface area (Å²) in [5.74, 6) is 1.28. The van der Waals surface area contributed by atoms with Gasteiger partial charge in [-0.3, -0.25) is 9.36 Å². The third kappa shape index (κ3) is 3.40. The molecule has 0 saturated heterocycles. The molecule has 0 radical (unpaired) electrons. The molecule has 2 N–H and O–H groups in total. The smallest absolute Gasteiger partial charge is 0.289 e. The highest BCUT2D eigenvalue weighted by Gasteiger charge is 2.09. The molecule has 3 heterocycles. The fourth-order valence-electron chi connectivity index (χ4n) is 2.09. The van der Waals surface area contributed by atoms with Crippen LogP contribution in [-0.2, 0) is 0 Å². The Morgan fingerprint density at radius 3 is 2.83 bits per heavy atom. The molecule has 1 amide bonds. The number of amides is 1. The number of carbonyl (C=O) groups is 1. The molecule has 0 atom stereocenters. The maximum Gasteiger partial charge on any atom is 0.289 e. The van der Waals surface area contributed by atoms with Crippen molar-refractivity contribution in [3.63, 3.8) is 0 Å². The number of hydrogen-bond acceptors (Lipinski definition) is 7. The number of nitrogens with one attached hydrogen (secondary N) is 2. The van der Waals surface area contributed by atoms with E-state index in [1.165, 1.54) is 18.6 Å². The van der Waals surface area contributed by atoms with Crippen LogP contribution in [0.1, 0.15) is 21.9 Å². The van der Waals surface area contributed by atoms with Gasteiger partial charge in [-0.25, -0.2) is 15.0 Å². The lowest BCUT2D eigenvalue weighted by Gasteiger charge is -2.09. The zero-order valence-electron chi connectivity index (χ0n) is 13.4. The van der Waals surface area contributed by atoms with E-state index < -0.39 is 0 Å². The van der Waals surface area contributed by atoms with Crippen molar-refractivity contribution < 1.29 is 9.32 Å². The lowest BCUT2D eigenvalue weighted by molar-refractivity contribution is 0.0918. The van der Waals surface area contributed by atoms with Crippen molar-refractivity contribution in [3.05, 3.63) is 48.1 Å². The average molecular weight is 327 g/mol. The van der Waals surface area contributed by atoms with Gasteiger partial charge in [-0.1, -0.05) is 5.16 Å². The number of carbonyl (C=O) groups excluding carboxylic acids is 1. The minimum Gasteiger partial charge on any atom is -0.368 e. The van der Waals surface area contributed by atoms with Crippen LogP contribution in [0, 0.1) is 13.8 Å². The van der Waals surface area contributed by atoms with Crippen molar-refractivity contribution in [2.75, 3.05) is 18.4 Å². The van der Waals surface area contributed by atoms with Crippen LogP contribution in [0.3, 0.4) is 0 Å². The summed E-state index contributed by atoms with van der Waals surface area (Å²) < 4.78 is 6.67. The van der Waals surface area contributed by atoms with Crippen LogP contribution in [0.4, 0.5) is 5.82 Å². The molecule has 3 rings (SSSR count). The Labute approximate surface area is 138 Å². The lowest BCUT2D eigenvalue weighted by atomic mass is 10.4. The molecule has 0 aliphatic rings. The highest BCUT2D eigenvalue weighted by molar-refractivity contribution is 5.91. The van der Waals surface area contributed by atoms with Gasteiger partial charge >= 0.3 is 0 Å². The van der Waals surface area contributed by atoms with Gasteiger partial charge < -0.3 is 15.2 Å². The molecule has 0 aliphatic heterocycles. The van der Waals surface area contributed by atoms with Crippen molar-refractivity contribution in [1.82, 2.24) is 30.0 Å². The summed E-state index contributed by atoms with van der Waals surface area (Å²) in [4.78, 5) is 24.4. The second-order valence-electron chi connectivity index (χ2n) is 5.11. The van der Waals surface area contributed by atoms with E-state index >= 15 is 0 Å². The number of anilines is 1. The molecule has 9 heteroatoms. The molecular weight excluding hydrogens is 310 g/mol. The summed E-state index contributed by atoms with van der Waals surface area (Å²) in [6, 6.07) is 3.33. The van der Waals surface area contributed by atoms with Gasteiger partial charge in [-0.05, 0) is 13.8 Å². The number of aryl methyl sites for hydroxylation is 1. The Morgan fingerprint density at radius 2 is 2.12 bits per heavy atom. The van der Waals surface area contributed by atoms with Gasteiger partial charge in [0.1, 0.15) is 24.3 Å². The second-order valence-corrected chi connectivity index (χ2v) is 5.11. The lowest BCUT2D eigenvalue weighted by Crippen LogP contribution is -2.28. The predicted molar refractivity (Wildman–Crippen MR) is 86.0 cm³/mol. The van der Waals surface area contributed by atoms with Crippen molar-refractivity contribution in [1.29, 1.82) is 0 Å². The van der Waals surface area contributed by atoms with Gasteiger partial charge in [0, 0.05) is 30.9 Å². The quantitative estimate of drug-likeness (QED) is 0.652. The summed E-state index contributed by atoms with van der Waals surface area (Å²) >= 11 is 0. The predicted octanol–water partition coefficient (Wildman–Crippen LogP) is 1.11. The third-order valence-electron chi connectivity index (χ3n) is 3.53. The first-order valence-corrected chi connectivity index (χ1v) is 7.41. The SMILES string of the molecule is Cc1ncn(-c2cc(NCCNC(=O)c3ccno3)ncn2)c1C. The van der Waals surface area contributed by atoms with Crippen LogP contribution in [0.25, 0.3) is 5.82 Å². The Balaban J connectivity index is 1.55. The first-order valence-electron chi connectivity index (χ1n) is 7.41. The number of rotatable bonds is 6. The van der Waals surface area contributed by atoms with Crippen molar-refractivity contribution in [2.24, 2.45) is 0 Å². The van der Waals surface area contributed by atoms with Gasteiger partial charge in [0.25, 0.3) is 5.91 Å². The number of hydrogen-bond donors (Lipinski definition) is 2. The normalized spacial score (nSPS) is 10.6. The summed E-state index contributed by atoms with van der Waals surface area (Å²) in [5, 5.41) is 9.35. The van der Waals surface area contributed by atoms with Crippen LogP contribution < -0.4 is 10.6 Å². The molecule has 24 heavy (non-hydrogen) atoms. The molecule has 0 aliphatic carbocycles. The zero-order chi connectivity index (χ0) is 16.9. The summed E-state index contributed by atoms with van der Waals surface area (Å²) in [5.41, 5.74) is 1.98. The molecule has 0 fully saturated rings. The zero-order valence-corrected chi connectivity index (χ0v) is 13.4. The molecule has 0 spiro atoms. The number of imidazole rings is 1. The minimum atomic E-state index is -0.304. The monoisotopic (exact) mass is 327 g/mol. The molecular formula is C15H17N7O2. The van der Waals surface area contributed by atoms with E-state index in [0.717, 1.165) is 17.2 Å². The fraction of sp³-hybridized carbons (Fsp3) is 0.267.